The quantitative estimate of drug-likeness (QED) is 0.625. The Labute approximate surface area is 130 Å². The van der Waals surface area contributed by atoms with Crippen molar-refractivity contribution in [3.8, 4) is 0 Å². The van der Waals surface area contributed by atoms with Gasteiger partial charge in [0.05, 0.1) is 11.8 Å². The predicted octanol–water partition coefficient (Wildman–Crippen LogP) is 2.26. The molecule has 0 aromatic heterocycles. The van der Waals surface area contributed by atoms with Crippen LogP contribution in [0.4, 0.5) is 0 Å². The van der Waals surface area contributed by atoms with Crippen molar-refractivity contribution in [3.63, 3.8) is 0 Å². The second-order valence-electron chi connectivity index (χ2n) is 6.22. The topological polar surface area (TPSA) is 66.4 Å². The average Bonchev–Trinajstić information content (AvgIpc) is 3.13. The van der Waals surface area contributed by atoms with Gasteiger partial charge in [0.2, 0.25) is 5.91 Å². The lowest BCUT2D eigenvalue weighted by atomic mass is 9.82. The fraction of sp³-hybridized carbons (Fsp3) is 0.444. The van der Waals surface area contributed by atoms with Crippen LogP contribution in [0.25, 0.3) is 0 Å². The van der Waals surface area contributed by atoms with E-state index >= 15 is 0 Å². The number of carboxylic acids is 1. The summed E-state index contributed by atoms with van der Waals surface area (Å²) in [6.45, 7) is 0.595. The fourth-order valence-electron chi connectivity index (χ4n) is 3.78. The van der Waals surface area contributed by atoms with E-state index in [1.54, 1.807) is 0 Å². The van der Waals surface area contributed by atoms with E-state index in [0.29, 0.717) is 6.54 Å². The van der Waals surface area contributed by atoms with Crippen molar-refractivity contribution >= 4 is 11.9 Å². The maximum Gasteiger partial charge on any atom is 0.307 e. The number of aliphatic carboxylic acids is 1. The molecule has 2 aliphatic carbocycles. The largest absolute Gasteiger partial charge is 0.481 e. The highest BCUT2D eigenvalue weighted by Crippen LogP contribution is 2.48. The molecule has 2 aliphatic rings. The van der Waals surface area contributed by atoms with Gasteiger partial charge in [-0.25, -0.2) is 0 Å². The monoisotopic (exact) mass is 299 g/mol. The normalized spacial score (nSPS) is 28.7. The van der Waals surface area contributed by atoms with Crippen molar-refractivity contribution in [2.45, 2.75) is 19.3 Å². The number of benzene rings is 1. The van der Waals surface area contributed by atoms with E-state index in [1.165, 1.54) is 5.56 Å². The van der Waals surface area contributed by atoms with Gasteiger partial charge in [-0.1, -0.05) is 42.5 Å². The Bertz CT molecular complexity index is 581. The molecule has 1 fully saturated rings. The van der Waals surface area contributed by atoms with Crippen LogP contribution in [0.5, 0.6) is 0 Å². The molecule has 0 saturated heterocycles. The fourth-order valence-corrected chi connectivity index (χ4v) is 3.78. The molecule has 0 aliphatic heterocycles. The van der Waals surface area contributed by atoms with E-state index in [2.05, 4.69) is 17.4 Å². The lowest BCUT2D eigenvalue weighted by molar-refractivity contribution is -0.147. The van der Waals surface area contributed by atoms with Gasteiger partial charge >= 0.3 is 5.97 Å². The second-order valence-corrected chi connectivity index (χ2v) is 6.22. The summed E-state index contributed by atoms with van der Waals surface area (Å²) in [4.78, 5) is 23.8. The number of hydrogen-bond acceptors (Lipinski definition) is 2. The number of rotatable bonds is 6. The number of carboxylic acid groups (broad SMARTS) is 1. The van der Waals surface area contributed by atoms with Gasteiger partial charge in [-0.3, -0.25) is 9.59 Å². The minimum atomic E-state index is -0.846. The van der Waals surface area contributed by atoms with E-state index in [9.17, 15) is 14.7 Å². The molecule has 2 bridgehead atoms. The van der Waals surface area contributed by atoms with Gasteiger partial charge in [0.25, 0.3) is 0 Å². The average molecular weight is 299 g/mol. The van der Waals surface area contributed by atoms with Crippen molar-refractivity contribution < 1.29 is 14.7 Å². The summed E-state index contributed by atoms with van der Waals surface area (Å²) in [5.74, 6) is -1.77. The van der Waals surface area contributed by atoms with E-state index in [0.717, 1.165) is 19.3 Å². The Morgan fingerprint density at radius 2 is 1.77 bits per heavy atom. The van der Waals surface area contributed by atoms with Crippen LogP contribution in [-0.2, 0) is 16.0 Å². The van der Waals surface area contributed by atoms with Crippen molar-refractivity contribution in [1.82, 2.24) is 5.32 Å². The molecule has 116 valence electrons. The molecule has 4 atom stereocenters. The van der Waals surface area contributed by atoms with Crippen LogP contribution in [0.2, 0.25) is 0 Å². The Balaban J connectivity index is 1.50. The van der Waals surface area contributed by atoms with E-state index in [-0.39, 0.29) is 17.7 Å². The molecule has 1 aromatic carbocycles. The standard InChI is InChI=1S/C18H21NO3/c20-17(19-10-4-7-12-5-2-1-3-6-12)15-13-8-9-14(11-13)16(15)18(21)22/h1-3,5-6,8-9,13-16H,4,7,10-11H2,(H,19,20)(H,21,22)/t13-,14+,15-,16-/m0/s1. The molecule has 0 radical (unpaired) electrons. The van der Waals surface area contributed by atoms with Gasteiger partial charge in [0, 0.05) is 6.54 Å². The van der Waals surface area contributed by atoms with Gasteiger partial charge in [-0.15, -0.1) is 0 Å². The number of carbonyl (C=O) groups excluding carboxylic acids is 1. The first kappa shape index (κ1) is 14.8. The van der Waals surface area contributed by atoms with Crippen molar-refractivity contribution in [2.24, 2.45) is 23.7 Å². The van der Waals surface area contributed by atoms with Crippen LogP contribution >= 0.6 is 0 Å². The number of aryl methyl sites for hydroxylation is 1. The maximum atomic E-state index is 12.4. The summed E-state index contributed by atoms with van der Waals surface area (Å²) in [6, 6.07) is 10.1. The molecule has 22 heavy (non-hydrogen) atoms. The molecule has 1 aromatic rings. The first-order valence-electron chi connectivity index (χ1n) is 7.89. The summed E-state index contributed by atoms with van der Waals surface area (Å²) in [6.07, 6.45) is 6.56. The van der Waals surface area contributed by atoms with Crippen LogP contribution in [0.15, 0.2) is 42.5 Å². The van der Waals surface area contributed by atoms with Gasteiger partial charge in [0.15, 0.2) is 0 Å². The van der Waals surface area contributed by atoms with Gasteiger partial charge < -0.3 is 10.4 Å². The highest BCUT2D eigenvalue weighted by Gasteiger charge is 2.51. The minimum Gasteiger partial charge on any atom is -0.481 e. The minimum absolute atomic E-state index is 0.0302. The predicted molar refractivity (Wildman–Crippen MR) is 83.1 cm³/mol. The molecule has 0 spiro atoms. The molecule has 4 nitrogen and oxygen atoms in total. The van der Waals surface area contributed by atoms with E-state index < -0.39 is 17.8 Å². The zero-order valence-electron chi connectivity index (χ0n) is 12.4. The van der Waals surface area contributed by atoms with E-state index in [1.807, 2.05) is 30.4 Å². The number of nitrogens with one attached hydrogen (secondary N) is 1. The lowest BCUT2D eigenvalue weighted by Gasteiger charge is -2.23. The zero-order chi connectivity index (χ0) is 15.5. The third kappa shape index (κ3) is 2.91. The molecule has 0 heterocycles. The van der Waals surface area contributed by atoms with Gasteiger partial charge in [-0.2, -0.15) is 0 Å². The summed E-state index contributed by atoms with van der Waals surface area (Å²) in [5.41, 5.74) is 1.25. The van der Waals surface area contributed by atoms with Crippen LogP contribution in [0.3, 0.4) is 0 Å². The van der Waals surface area contributed by atoms with Crippen LogP contribution in [0.1, 0.15) is 18.4 Å². The SMILES string of the molecule is O=C(O)[C@@H]1[C@@H](C(=O)NCCCc2ccccc2)[C@H]2C=C[C@@H]1C2. The maximum absolute atomic E-state index is 12.4. The highest BCUT2D eigenvalue weighted by molar-refractivity contribution is 5.86. The molecule has 1 amide bonds. The molecule has 0 unspecified atom stereocenters. The van der Waals surface area contributed by atoms with Crippen molar-refractivity contribution in [2.75, 3.05) is 6.54 Å². The van der Waals surface area contributed by atoms with Crippen LogP contribution in [0, 0.1) is 23.7 Å². The molecule has 3 rings (SSSR count). The third-order valence-electron chi connectivity index (χ3n) is 4.83. The Kier molecular flexibility index (Phi) is 4.27. The summed E-state index contributed by atoms with van der Waals surface area (Å²) in [5, 5.41) is 12.3. The van der Waals surface area contributed by atoms with Gasteiger partial charge in [0.1, 0.15) is 0 Å². The Morgan fingerprint density at radius 3 is 2.45 bits per heavy atom. The van der Waals surface area contributed by atoms with Crippen LogP contribution < -0.4 is 5.32 Å². The smallest absolute Gasteiger partial charge is 0.307 e. The van der Waals surface area contributed by atoms with Crippen LogP contribution in [-0.4, -0.2) is 23.5 Å². The number of allylic oxidation sites excluding steroid dienone is 2. The first-order chi connectivity index (χ1) is 10.7. The molecular weight excluding hydrogens is 278 g/mol. The zero-order valence-corrected chi connectivity index (χ0v) is 12.4. The number of carbonyl (C=O) groups is 2. The third-order valence-corrected chi connectivity index (χ3v) is 4.83. The lowest BCUT2D eigenvalue weighted by Crippen LogP contribution is -2.40. The molecule has 1 saturated carbocycles. The molecular formula is C18H21NO3. The van der Waals surface area contributed by atoms with Crippen molar-refractivity contribution in [1.29, 1.82) is 0 Å². The highest BCUT2D eigenvalue weighted by atomic mass is 16.4. The summed E-state index contributed by atoms with van der Waals surface area (Å²) >= 11 is 0. The Hall–Kier alpha value is -2.10. The van der Waals surface area contributed by atoms with Crippen molar-refractivity contribution in [3.05, 3.63) is 48.0 Å². The number of amides is 1. The number of fused-ring (bicyclic) bond motifs is 2. The summed E-state index contributed by atoms with van der Waals surface area (Å²) in [7, 11) is 0. The molecule has 4 heteroatoms. The first-order valence-corrected chi connectivity index (χ1v) is 7.89. The summed E-state index contributed by atoms with van der Waals surface area (Å²) < 4.78 is 0. The Morgan fingerprint density at radius 1 is 1.09 bits per heavy atom. The number of hydrogen-bond donors (Lipinski definition) is 2. The molecule has 2 N–H and O–H groups in total. The van der Waals surface area contributed by atoms with Gasteiger partial charge in [-0.05, 0) is 36.7 Å². The second kappa shape index (κ2) is 6.34. The van der Waals surface area contributed by atoms with E-state index in [4.69, 9.17) is 0 Å².